The highest BCUT2D eigenvalue weighted by Gasteiger charge is 2.12. The molecule has 0 saturated heterocycles. The van der Waals surface area contributed by atoms with E-state index < -0.39 is 0 Å². The highest BCUT2D eigenvalue weighted by atomic mass is 15.4. The SMILES string of the molecule is CNc1nc(NCCN(C)c2nc(NC)nc(N(C)C)n2)nc(N(C)C)n1. The third kappa shape index (κ3) is 5.39. The van der Waals surface area contributed by atoms with Crippen LogP contribution in [0, 0.1) is 0 Å². The Kier molecular flexibility index (Phi) is 6.68. The molecule has 12 nitrogen and oxygen atoms in total. The molecule has 27 heavy (non-hydrogen) atoms. The molecule has 0 spiro atoms. The Labute approximate surface area is 159 Å². The van der Waals surface area contributed by atoms with Crippen molar-refractivity contribution in [1.82, 2.24) is 29.9 Å². The van der Waals surface area contributed by atoms with Crippen LogP contribution in [0.4, 0.5) is 35.7 Å². The number of nitrogens with one attached hydrogen (secondary N) is 3. The van der Waals surface area contributed by atoms with Crippen molar-refractivity contribution in [3.05, 3.63) is 0 Å². The minimum Gasteiger partial charge on any atom is -0.357 e. The van der Waals surface area contributed by atoms with Crippen molar-refractivity contribution in [2.45, 2.75) is 0 Å². The van der Waals surface area contributed by atoms with E-state index in [1.807, 2.05) is 49.9 Å². The molecular formula is C15H28N12. The predicted molar refractivity (Wildman–Crippen MR) is 109 cm³/mol. The number of rotatable bonds is 9. The molecule has 0 bridgehead atoms. The predicted octanol–water partition coefficient (Wildman–Crippen LogP) is -0.180. The van der Waals surface area contributed by atoms with Gasteiger partial charge in [-0.25, -0.2) is 0 Å². The van der Waals surface area contributed by atoms with Gasteiger partial charge in [-0.1, -0.05) is 0 Å². The van der Waals surface area contributed by atoms with Crippen LogP contribution in [-0.4, -0.2) is 92.3 Å². The zero-order chi connectivity index (χ0) is 20.0. The van der Waals surface area contributed by atoms with Gasteiger partial charge in [0.25, 0.3) is 0 Å². The van der Waals surface area contributed by atoms with Gasteiger partial charge in [-0.2, -0.15) is 29.9 Å². The number of aromatic nitrogens is 6. The lowest BCUT2D eigenvalue weighted by Gasteiger charge is -2.20. The molecule has 3 N–H and O–H groups in total. The average Bonchev–Trinajstić information content (AvgIpc) is 2.66. The number of hydrogen-bond acceptors (Lipinski definition) is 12. The Bertz CT molecular complexity index is 748. The standard InChI is InChI=1S/C15H28N12/c1-16-10-19-12(23-13(20-10)25(3)4)18-8-9-27(7)15-22-11(17-2)21-14(24-15)26(5)6/h8-9H2,1-7H3,(H,17,21,22,24)(H2,16,18,19,20,23). The maximum Gasteiger partial charge on any atom is 0.231 e. The Morgan fingerprint density at radius 1 is 0.630 bits per heavy atom. The van der Waals surface area contributed by atoms with Crippen molar-refractivity contribution < 1.29 is 0 Å². The summed E-state index contributed by atoms with van der Waals surface area (Å²) in [5, 5.41) is 9.11. The molecule has 0 atom stereocenters. The summed E-state index contributed by atoms with van der Waals surface area (Å²) in [6, 6.07) is 0. The molecule has 0 radical (unpaired) electrons. The molecule has 2 heterocycles. The van der Waals surface area contributed by atoms with Gasteiger partial charge in [0, 0.05) is 62.4 Å². The third-order valence-corrected chi connectivity index (χ3v) is 3.55. The van der Waals surface area contributed by atoms with Crippen LogP contribution in [0.1, 0.15) is 0 Å². The van der Waals surface area contributed by atoms with Gasteiger partial charge >= 0.3 is 0 Å². The van der Waals surface area contributed by atoms with Gasteiger partial charge < -0.3 is 30.7 Å². The highest BCUT2D eigenvalue weighted by Crippen LogP contribution is 2.14. The van der Waals surface area contributed by atoms with Crippen LogP contribution in [0.5, 0.6) is 0 Å². The summed E-state index contributed by atoms with van der Waals surface area (Å²) in [6.45, 7) is 1.26. The molecule has 0 aliphatic rings. The summed E-state index contributed by atoms with van der Waals surface area (Å²) in [7, 11) is 13.0. The molecule has 0 aromatic carbocycles. The summed E-state index contributed by atoms with van der Waals surface area (Å²) in [5.41, 5.74) is 0. The molecule has 0 saturated carbocycles. The lowest BCUT2D eigenvalue weighted by atomic mass is 10.5. The van der Waals surface area contributed by atoms with E-state index in [0.29, 0.717) is 48.8 Å². The monoisotopic (exact) mass is 376 g/mol. The molecule has 0 aliphatic carbocycles. The van der Waals surface area contributed by atoms with Crippen molar-refractivity contribution in [2.24, 2.45) is 0 Å². The fraction of sp³-hybridized carbons (Fsp3) is 0.600. The minimum atomic E-state index is 0.506. The molecule has 0 fully saturated rings. The molecule has 0 aliphatic heterocycles. The first-order valence-corrected chi connectivity index (χ1v) is 8.51. The number of anilines is 6. The van der Waals surface area contributed by atoms with Gasteiger partial charge in [0.05, 0.1) is 0 Å². The second kappa shape index (κ2) is 8.96. The van der Waals surface area contributed by atoms with Crippen LogP contribution in [0.3, 0.4) is 0 Å². The molecule has 2 rings (SSSR count). The van der Waals surface area contributed by atoms with Crippen molar-refractivity contribution in [2.75, 3.05) is 93.1 Å². The molecular weight excluding hydrogens is 348 g/mol. The molecule has 0 amide bonds. The van der Waals surface area contributed by atoms with Crippen molar-refractivity contribution in [3.63, 3.8) is 0 Å². The zero-order valence-corrected chi connectivity index (χ0v) is 16.9. The quantitative estimate of drug-likeness (QED) is 0.538. The van der Waals surface area contributed by atoms with Crippen LogP contribution in [0.2, 0.25) is 0 Å². The lowest BCUT2D eigenvalue weighted by molar-refractivity contribution is 0.838. The third-order valence-electron chi connectivity index (χ3n) is 3.55. The first kappa shape index (κ1) is 20.1. The van der Waals surface area contributed by atoms with E-state index >= 15 is 0 Å². The second-order valence-corrected chi connectivity index (χ2v) is 6.18. The second-order valence-electron chi connectivity index (χ2n) is 6.18. The molecule has 148 valence electrons. The molecule has 0 unspecified atom stereocenters. The first-order valence-electron chi connectivity index (χ1n) is 8.51. The van der Waals surface area contributed by atoms with E-state index in [1.54, 1.807) is 14.1 Å². The number of nitrogens with zero attached hydrogens (tertiary/aromatic N) is 9. The van der Waals surface area contributed by atoms with Crippen molar-refractivity contribution in [1.29, 1.82) is 0 Å². The topological polar surface area (TPSA) is 123 Å². The highest BCUT2D eigenvalue weighted by molar-refractivity contribution is 5.45. The fourth-order valence-electron chi connectivity index (χ4n) is 2.03. The van der Waals surface area contributed by atoms with Crippen LogP contribution in [0.15, 0.2) is 0 Å². The van der Waals surface area contributed by atoms with Crippen molar-refractivity contribution in [3.8, 4) is 0 Å². The smallest absolute Gasteiger partial charge is 0.231 e. The summed E-state index contributed by atoms with van der Waals surface area (Å²) in [5.74, 6) is 3.30. The Morgan fingerprint density at radius 3 is 1.67 bits per heavy atom. The van der Waals surface area contributed by atoms with E-state index in [2.05, 4.69) is 45.9 Å². The van der Waals surface area contributed by atoms with E-state index in [0.717, 1.165) is 0 Å². The van der Waals surface area contributed by atoms with Crippen LogP contribution in [-0.2, 0) is 0 Å². The molecule has 2 aromatic rings. The van der Waals surface area contributed by atoms with Crippen molar-refractivity contribution >= 4 is 35.7 Å². The van der Waals surface area contributed by atoms with Gasteiger partial charge in [-0.15, -0.1) is 0 Å². The minimum absolute atomic E-state index is 0.506. The summed E-state index contributed by atoms with van der Waals surface area (Å²) in [6.07, 6.45) is 0. The molecule has 12 heteroatoms. The maximum atomic E-state index is 4.48. The maximum absolute atomic E-state index is 4.48. The summed E-state index contributed by atoms with van der Waals surface area (Å²) in [4.78, 5) is 31.8. The summed E-state index contributed by atoms with van der Waals surface area (Å²) >= 11 is 0. The normalized spacial score (nSPS) is 10.3. The Balaban J connectivity index is 2.05. The van der Waals surface area contributed by atoms with Gasteiger partial charge in [0.2, 0.25) is 35.7 Å². The van der Waals surface area contributed by atoms with E-state index in [9.17, 15) is 0 Å². The van der Waals surface area contributed by atoms with Crippen LogP contribution < -0.4 is 30.7 Å². The average molecular weight is 376 g/mol. The largest absolute Gasteiger partial charge is 0.357 e. The Morgan fingerprint density at radius 2 is 1.11 bits per heavy atom. The van der Waals surface area contributed by atoms with E-state index in [1.165, 1.54) is 0 Å². The van der Waals surface area contributed by atoms with Gasteiger partial charge in [0.15, 0.2) is 0 Å². The Hall–Kier alpha value is -3.18. The van der Waals surface area contributed by atoms with Crippen LogP contribution >= 0.6 is 0 Å². The number of likely N-dealkylation sites (N-methyl/N-ethyl adjacent to an activating group) is 1. The van der Waals surface area contributed by atoms with E-state index in [-0.39, 0.29) is 0 Å². The van der Waals surface area contributed by atoms with E-state index in [4.69, 9.17) is 0 Å². The first-order chi connectivity index (χ1) is 12.8. The molecule has 2 aromatic heterocycles. The van der Waals surface area contributed by atoms with Crippen LogP contribution in [0.25, 0.3) is 0 Å². The zero-order valence-electron chi connectivity index (χ0n) is 16.9. The fourth-order valence-corrected chi connectivity index (χ4v) is 2.03. The summed E-state index contributed by atoms with van der Waals surface area (Å²) < 4.78 is 0. The lowest BCUT2D eigenvalue weighted by Crippen LogP contribution is -2.28. The van der Waals surface area contributed by atoms with Gasteiger partial charge in [-0.3, -0.25) is 0 Å². The number of hydrogen-bond donors (Lipinski definition) is 3. The van der Waals surface area contributed by atoms with Gasteiger partial charge in [-0.05, 0) is 0 Å². The van der Waals surface area contributed by atoms with Gasteiger partial charge in [0.1, 0.15) is 0 Å².